The van der Waals surface area contributed by atoms with Gasteiger partial charge >= 0.3 is 0 Å². The summed E-state index contributed by atoms with van der Waals surface area (Å²) < 4.78 is 23.8. The fraction of sp³-hybridized carbons (Fsp3) is 0.455. The van der Waals surface area contributed by atoms with Crippen molar-refractivity contribution < 1.29 is 13.5 Å². The van der Waals surface area contributed by atoms with Gasteiger partial charge in [0.25, 0.3) is 0 Å². The summed E-state index contributed by atoms with van der Waals surface area (Å²) in [4.78, 5) is -0.0792. The predicted molar refractivity (Wildman–Crippen MR) is 73.1 cm³/mol. The number of hydrogen-bond acceptors (Lipinski definition) is 3. The molecular weight excluding hydrogens is 342 g/mol. The summed E-state index contributed by atoms with van der Waals surface area (Å²) in [6, 6.07) is 3.34. The Bertz CT molecular complexity index is 576. The molecule has 0 aromatic heterocycles. The third-order valence-electron chi connectivity index (χ3n) is 3.24. The van der Waals surface area contributed by atoms with Crippen LogP contribution >= 0.6 is 27.5 Å². The second-order valence-corrected chi connectivity index (χ2v) is 7.16. The number of aliphatic hydroxyl groups is 1. The van der Waals surface area contributed by atoms with Crippen molar-refractivity contribution in [2.24, 2.45) is 5.14 Å². The Kier molecular flexibility index (Phi) is 4.04. The number of aliphatic hydroxyl groups excluding tert-OH is 1. The Hall–Kier alpha value is -0.140. The summed E-state index contributed by atoms with van der Waals surface area (Å²) in [5.74, 6) is -0.219. The van der Waals surface area contributed by atoms with E-state index in [9.17, 15) is 13.5 Å². The van der Waals surface area contributed by atoms with Gasteiger partial charge in [-0.2, -0.15) is 0 Å². The average molecular weight is 355 g/mol. The fourth-order valence-corrected chi connectivity index (χ4v) is 4.30. The van der Waals surface area contributed by atoms with Crippen LogP contribution in [0.25, 0.3) is 0 Å². The highest BCUT2D eigenvalue weighted by molar-refractivity contribution is 9.10. The highest BCUT2D eigenvalue weighted by Crippen LogP contribution is 2.41. The van der Waals surface area contributed by atoms with Crippen LogP contribution in [0, 0.1) is 0 Å². The third kappa shape index (κ3) is 2.58. The maximum Gasteiger partial charge on any atom is 0.239 e. The lowest BCUT2D eigenvalue weighted by atomic mass is 9.96. The van der Waals surface area contributed by atoms with Gasteiger partial charge in [-0.15, -0.1) is 0 Å². The van der Waals surface area contributed by atoms with Crippen molar-refractivity contribution in [1.29, 1.82) is 0 Å². The van der Waals surface area contributed by atoms with Crippen molar-refractivity contribution in [1.82, 2.24) is 0 Å². The first kappa shape index (κ1) is 14.3. The summed E-state index contributed by atoms with van der Waals surface area (Å²) in [5, 5.41) is 15.2. The van der Waals surface area contributed by atoms with Crippen LogP contribution in [0.3, 0.4) is 0 Å². The zero-order valence-corrected chi connectivity index (χ0v) is 12.6. The highest BCUT2D eigenvalue weighted by atomic mass is 79.9. The SMILES string of the molecule is NS(=O)(=O)c1c([C@H]2CCC[C@@H]2O)ccc(Br)c1Cl. The van der Waals surface area contributed by atoms with Gasteiger partial charge in [0.2, 0.25) is 10.0 Å². The van der Waals surface area contributed by atoms with Gasteiger partial charge in [-0.05, 0) is 40.4 Å². The first-order valence-electron chi connectivity index (χ1n) is 5.51. The minimum absolute atomic E-state index is 0.0779. The van der Waals surface area contributed by atoms with E-state index >= 15 is 0 Å². The molecule has 0 aliphatic heterocycles. The summed E-state index contributed by atoms with van der Waals surface area (Å²) >= 11 is 9.20. The van der Waals surface area contributed by atoms with E-state index < -0.39 is 16.1 Å². The number of rotatable bonds is 2. The zero-order valence-electron chi connectivity index (χ0n) is 9.44. The largest absolute Gasteiger partial charge is 0.392 e. The van der Waals surface area contributed by atoms with E-state index in [0.717, 1.165) is 12.8 Å². The lowest BCUT2D eigenvalue weighted by Crippen LogP contribution is -2.20. The van der Waals surface area contributed by atoms with Crippen molar-refractivity contribution in [2.45, 2.75) is 36.2 Å². The van der Waals surface area contributed by atoms with Gasteiger partial charge in [0.1, 0.15) is 4.90 Å². The second-order valence-electron chi connectivity index (χ2n) is 4.43. The molecule has 0 bridgehead atoms. The Morgan fingerprint density at radius 2 is 2.06 bits per heavy atom. The standard InChI is InChI=1S/C11H13BrClNO3S/c12-8-5-4-7(6-2-1-3-9(6)15)11(10(8)13)18(14,16)17/h4-6,9,15H,1-3H2,(H2,14,16,17)/t6-,9+/m1/s1. The van der Waals surface area contributed by atoms with Gasteiger partial charge in [0.15, 0.2) is 0 Å². The van der Waals surface area contributed by atoms with E-state index in [1.54, 1.807) is 12.1 Å². The lowest BCUT2D eigenvalue weighted by Gasteiger charge is -2.19. The Balaban J connectivity index is 2.64. The minimum atomic E-state index is -3.92. The molecule has 18 heavy (non-hydrogen) atoms. The van der Waals surface area contributed by atoms with E-state index in [2.05, 4.69) is 15.9 Å². The van der Waals surface area contributed by atoms with Crippen molar-refractivity contribution >= 4 is 37.6 Å². The molecular formula is C11H13BrClNO3S. The maximum absolute atomic E-state index is 11.7. The molecule has 4 nitrogen and oxygen atoms in total. The Labute approximate surface area is 119 Å². The zero-order chi connectivity index (χ0) is 13.5. The van der Waals surface area contributed by atoms with Crippen molar-refractivity contribution in [3.8, 4) is 0 Å². The number of sulfonamides is 1. The van der Waals surface area contributed by atoms with Crippen LogP contribution in [-0.2, 0) is 10.0 Å². The molecule has 0 saturated heterocycles. The third-order valence-corrected chi connectivity index (χ3v) is 5.65. The van der Waals surface area contributed by atoms with Crippen LogP contribution in [-0.4, -0.2) is 19.6 Å². The summed E-state index contributed by atoms with van der Waals surface area (Å²) in [6.45, 7) is 0. The van der Waals surface area contributed by atoms with E-state index in [0.29, 0.717) is 16.5 Å². The normalized spacial score (nSPS) is 24.4. The molecule has 1 aromatic carbocycles. The number of benzene rings is 1. The van der Waals surface area contributed by atoms with Crippen LogP contribution in [0.15, 0.2) is 21.5 Å². The topological polar surface area (TPSA) is 80.4 Å². The van der Waals surface area contributed by atoms with Crippen LogP contribution in [0.4, 0.5) is 0 Å². The van der Waals surface area contributed by atoms with E-state index in [4.69, 9.17) is 16.7 Å². The summed E-state index contributed by atoms with van der Waals surface area (Å²) in [6.07, 6.45) is 1.73. The van der Waals surface area contributed by atoms with Gasteiger partial charge in [0.05, 0.1) is 11.1 Å². The predicted octanol–water partition coefficient (Wildman–Crippen LogP) is 2.38. The monoisotopic (exact) mass is 353 g/mol. The molecule has 1 aliphatic rings. The van der Waals surface area contributed by atoms with Crippen LogP contribution < -0.4 is 5.14 Å². The highest BCUT2D eigenvalue weighted by Gasteiger charge is 2.32. The van der Waals surface area contributed by atoms with Crippen LogP contribution in [0.2, 0.25) is 5.02 Å². The Morgan fingerprint density at radius 3 is 2.56 bits per heavy atom. The van der Waals surface area contributed by atoms with Crippen molar-refractivity contribution in [2.75, 3.05) is 0 Å². The molecule has 0 amide bonds. The van der Waals surface area contributed by atoms with E-state index in [-0.39, 0.29) is 15.8 Å². The van der Waals surface area contributed by atoms with Gasteiger partial charge in [-0.1, -0.05) is 24.1 Å². The number of primary sulfonamides is 1. The number of nitrogens with two attached hydrogens (primary N) is 1. The van der Waals surface area contributed by atoms with E-state index in [1.807, 2.05) is 0 Å². The maximum atomic E-state index is 11.7. The van der Waals surface area contributed by atoms with Gasteiger partial charge < -0.3 is 5.11 Å². The molecule has 2 atom stereocenters. The average Bonchev–Trinajstić information content (AvgIpc) is 2.66. The summed E-state index contributed by atoms with van der Waals surface area (Å²) in [7, 11) is -3.92. The molecule has 1 fully saturated rings. The second kappa shape index (κ2) is 5.09. The first-order valence-corrected chi connectivity index (χ1v) is 8.23. The first-order chi connectivity index (χ1) is 8.32. The molecule has 1 saturated carbocycles. The molecule has 2 rings (SSSR count). The van der Waals surface area contributed by atoms with Gasteiger partial charge in [-0.25, -0.2) is 13.6 Å². The fourth-order valence-electron chi connectivity index (χ4n) is 2.43. The molecule has 100 valence electrons. The minimum Gasteiger partial charge on any atom is -0.392 e. The van der Waals surface area contributed by atoms with E-state index in [1.165, 1.54) is 0 Å². The van der Waals surface area contributed by atoms with Crippen LogP contribution in [0.5, 0.6) is 0 Å². The molecule has 0 unspecified atom stereocenters. The molecule has 0 spiro atoms. The molecule has 1 aromatic rings. The lowest BCUT2D eigenvalue weighted by molar-refractivity contribution is 0.163. The van der Waals surface area contributed by atoms with Crippen molar-refractivity contribution in [3.63, 3.8) is 0 Å². The van der Waals surface area contributed by atoms with Crippen molar-refractivity contribution in [3.05, 3.63) is 27.2 Å². The molecule has 3 N–H and O–H groups in total. The Morgan fingerprint density at radius 1 is 1.39 bits per heavy atom. The summed E-state index contributed by atoms with van der Waals surface area (Å²) in [5.41, 5.74) is 0.510. The smallest absolute Gasteiger partial charge is 0.239 e. The molecule has 7 heteroatoms. The van der Waals surface area contributed by atoms with Gasteiger partial charge in [0, 0.05) is 10.4 Å². The van der Waals surface area contributed by atoms with Gasteiger partial charge in [-0.3, -0.25) is 0 Å². The number of hydrogen-bond donors (Lipinski definition) is 2. The quantitative estimate of drug-likeness (QED) is 0.855. The number of halogens is 2. The molecule has 1 aliphatic carbocycles. The molecule has 0 heterocycles. The molecule has 0 radical (unpaired) electrons. The van der Waals surface area contributed by atoms with Crippen LogP contribution in [0.1, 0.15) is 30.7 Å².